The first-order valence-electron chi connectivity index (χ1n) is 13.7. The van der Waals surface area contributed by atoms with Crippen LogP contribution in [-0.4, -0.2) is 75.9 Å². The predicted molar refractivity (Wildman–Crippen MR) is 160 cm³/mol. The number of nitrogens with zero attached hydrogens (tertiary/aromatic N) is 2. The van der Waals surface area contributed by atoms with Gasteiger partial charge in [0, 0.05) is 30.8 Å². The zero-order valence-corrected chi connectivity index (χ0v) is 26.0. The smallest absolute Gasteiger partial charge is 0.261 e. The minimum absolute atomic E-state index is 0.0798. The Hall–Kier alpha value is -3.52. The third kappa shape index (κ3) is 7.53. The van der Waals surface area contributed by atoms with Crippen molar-refractivity contribution in [2.75, 3.05) is 31.5 Å². The largest absolute Gasteiger partial charge is 0.488 e. The zero-order chi connectivity index (χ0) is 31.5. The minimum atomic E-state index is -4.00. The molecule has 0 saturated carbocycles. The minimum Gasteiger partial charge on any atom is -0.488 e. The summed E-state index contributed by atoms with van der Waals surface area (Å²) in [6.45, 7) is 5.17. The first-order valence-corrected chi connectivity index (χ1v) is 16.6. The van der Waals surface area contributed by atoms with Crippen molar-refractivity contribution >= 4 is 31.6 Å². The third-order valence-corrected chi connectivity index (χ3v) is 10.7. The molecule has 0 bridgehead atoms. The van der Waals surface area contributed by atoms with Crippen LogP contribution in [0.4, 0.5) is 10.1 Å². The monoisotopic (exact) mass is 633 g/mol. The second-order valence-electron chi connectivity index (χ2n) is 10.9. The van der Waals surface area contributed by atoms with Gasteiger partial charge in [0.1, 0.15) is 17.7 Å². The lowest BCUT2D eigenvalue weighted by molar-refractivity contribution is -0.134. The van der Waals surface area contributed by atoms with Gasteiger partial charge in [-0.25, -0.2) is 21.2 Å². The van der Waals surface area contributed by atoms with Gasteiger partial charge in [-0.3, -0.25) is 9.52 Å². The molecule has 43 heavy (non-hydrogen) atoms. The molecule has 0 radical (unpaired) electrons. The van der Waals surface area contributed by atoms with E-state index in [9.17, 15) is 31.1 Å². The Balaban J connectivity index is 1.68. The number of fused-ring (bicyclic) bond motifs is 1. The summed E-state index contributed by atoms with van der Waals surface area (Å²) in [6, 6.07) is 15.0. The van der Waals surface area contributed by atoms with Gasteiger partial charge in [-0.1, -0.05) is 24.6 Å². The molecule has 10 nitrogen and oxygen atoms in total. The van der Waals surface area contributed by atoms with Gasteiger partial charge in [-0.2, -0.15) is 4.31 Å². The Bertz CT molecular complexity index is 1660. The van der Waals surface area contributed by atoms with Crippen molar-refractivity contribution in [3.05, 3.63) is 83.7 Å². The Labute approximate surface area is 252 Å². The average molecular weight is 634 g/mol. The number of hydrogen-bond acceptors (Lipinski definition) is 7. The molecule has 0 saturated heterocycles. The second-order valence-corrected chi connectivity index (χ2v) is 14.6. The number of anilines is 1. The number of aliphatic hydroxyl groups excluding tert-OH is 1. The molecule has 3 aromatic rings. The van der Waals surface area contributed by atoms with Crippen molar-refractivity contribution in [2.24, 2.45) is 5.92 Å². The molecule has 3 aromatic carbocycles. The van der Waals surface area contributed by atoms with Gasteiger partial charge in [-0.15, -0.1) is 0 Å². The molecule has 0 fully saturated rings. The van der Waals surface area contributed by atoms with Gasteiger partial charge in [0.15, 0.2) is 0 Å². The van der Waals surface area contributed by atoms with Crippen LogP contribution >= 0.6 is 0 Å². The maximum Gasteiger partial charge on any atom is 0.261 e. The third-order valence-electron chi connectivity index (χ3n) is 7.46. The summed E-state index contributed by atoms with van der Waals surface area (Å²) in [4.78, 5) is 15.0. The first-order chi connectivity index (χ1) is 20.2. The standard InChI is InChI=1S/C30H36FN3O7S2/c1-20-5-10-26(11-6-20)42(37,38)32-25-9-14-28-23(15-25)16-30(36)34(22(3)19-35)17-21(2)29(41-28)18-33(4)43(39,40)27-12-7-24(31)8-13-27/h5-15,21-22,29,32,35H,16-19H2,1-4H3/t21-,22-,29+/m0/s1. The lowest BCUT2D eigenvalue weighted by Gasteiger charge is -2.33. The zero-order valence-electron chi connectivity index (χ0n) is 24.4. The van der Waals surface area contributed by atoms with E-state index in [2.05, 4.69) is 4.72 Å². The van der Waals surface area contributed by atoms with Crippen LogP contribution in [-0.2, 0) is 31.3 Å². The van der Waals surface area contributed by atoms with Crippen molar-refractivity contribution in [1.29, 1.82) is 0 Å². The molecule has 4 rings (SSSR count). The van der Waals surface area contributed by atoms with Gasteiger partial charge in [0.25, 0.3) is 10.0 Å². The van der Waals surface area contributed by atoms with Gasteiger partial charge in [-0.05, 0) is 68.4 Å². The molecule has 1 aliphatic heterocycles. The fourth-order valence-corrected chi connectivity index (χ4v) is 7.01. The summed E-state index contributed by atoms with van der Waals surface area (Å²) in [5, 5.41) is 9.86. The number of hydrogen-bond donors (Lipinski definition) is 2. The molecule has 1 aliphatic rings. The Morgan fingerprint density at radius 3 is 2.30 bits per heavy atom. The molecule has 0 spiro atoms. The number of sulfonamides is 2. The number of carbonyl (C=O) groups is 1. The maximum atomic E-state index is 13.5. The Morgan fingerprint density at radius 2 is 1.67 bits per heavy atom. The van der Waals surface area contributed by atoms with Gasteiger partial charge in [0.2, 0.25) is 15.9 Å². The number of carbonyl (C=O) groups excluding carboxylic acids is 1. The van der Waals surface area contributed by atoms with Crippen molar-refractivity contribution in [3.8, 4) is 5.75 Å². The normalized spacial score (nSPS) is 18.7. The molecule has 2 N–H and O–H groups in total. The molecule has 3 atom stereocenters. The highest BCUT2D eigenvalue weighted by molar-refractivity contribution is 7.92. The number of halogens is 1. The van der Waals surface area contributed by atoms with E-state index in [4.69, 9.17) is 4.74 Å². The van der Waals surface area contributed by atoms with E-state index >= 15 is 0 Å². The molecule has 1 amide bonds. The predicted octanol–water partition coefficient (Wildman–Crippen LogP) is 3.40. The van der Waals surface area contributed by atoms with Crippen LogP contribution in [0.25, 0.3) is 0 Å². The molecular formula is C30H36FN3O7S2. The van der Waals surface area contributed by atoms with E-state index < -0.39 is 38.0 Å². The molecule has 1 heterocycles. The maximum absolute atomic E-state index is 13.5. The van der Waals surface area contributed by atoms with Crippen LogP contribution in [0.15, 0.2) is 76.5 Å². The molecule has 232 valence electrons. The van der Waals surface area contributed by atoms with Crippen LogP contribution in [0, 0.1) is 18.7 Å². The fourth-order valence-electron chi connectivity index (χ4n) is 4.78. The highest BCUT2D eigenvalue weighted by atomic mass is 32.2. The number of benzene rings is 3. The lowest BCUT2D eigenvalue weighted by Crippen LogP contribution is -2.48. The first kappa shape index (κ1) is 32.4. The number of amides is 1. The average Bonchev–Trinajstić information content (AvgIpc) is 3.00. The van der Waals surface area contributed by atoms with Crippen molar-refractivity contribution in [1.82, 2.24) is 9.21 Å². The second kappa shape index (κ2) is 13.0. The quantitative estimate of drug-likeness (QED) is 0.369. The Morgan fingerprint density at radius 1 is 1.05 bits per heavy atom. The van der Waals surface area contributed by atoms with Crippen LogP contribution in [0.1, 0.15) is 25.0 Å². The van der Waals surface area contributed by atoms with E-state index in [0.29, 0.717) is 11.3 Å². The Kier molecular flexibility index (Phi) is 9.79. The molecular weight excluding hydrogens is 597 g/mol. The lowest BCUT2D eigenvalue weighted by atomic mass is 10.0. The van der Waals surface area contributed by atoms with Crippen LogP contribution in [0.3, 0.4) is 0 Å². The summed E-state index contributed by atoms with van der Waals surface area (Å²) >= 11 is 0. The van der Waals surface area contributed by atoms with Crippen molar-refractivity contribution in [2.45, 2.75) is 49.1 Å². The topological polar surface area (TPSA) is 133 Å². The molecule has 13 heteroatoms. The van der Waals surface area contributed by atoms with Crippen LogP contribution in [0.2, 0.25) is 0 Å². The van der Waals surface area contributed by atoms with E-state index in [1.165, 1.54) is 48.3 Å². The highest BCUT2D eigenvalue weighted by Gasteiger charge is 2.33. The van der Waals surface area contributed by atoms with Crippen molar-refractivity contribution in [3.63, 3.8) is 0 Å². The van der Waals surface area contributed by atoms with Crippen LogP contribution < -0.4 is 9.46 Å². The summed E-state index contributed by atoms with van der Waals surface area (Å²) in [5.74, 6) is -0.941. The number of rotatable bonds is 9. The number of nitrogens with one attached hydrogen (secondary N) is 1. The van der Waals surface area contributed by atoms with Gasteiger partial charge < -0.3 is 14.7 Å². The summed E-state index contributed by atoms with van der Waals surface area (Å²) in [5.41, 5.74) is 1.53. The summed E-state index contributed by atoms with van der Waals surface area (Å²) in [7, 11) is -6.52. The van der Waals surface area contributed by atoms with E-state index in [0.717, 1.165) is 22.0 Å². The van der Waals surface area contributed by atoms with Gasteiger partial charge >= 0.3 is 0 Å². The highest BCUT2D eigenvalue weighted by Crippen LogP contribution is 2.30. The molecule has 0 unspecified atom stereocenters. The molecule has 0 aliphatic carbocycles. The van der Waals surface area contributed by atoms with E-state index in [-0.39, 0.29) is 53.4 Å². The van der Waals surface area contributed by atoms with E-state index in [1.54, 1.807) is 25.1 Å². The molecule has 0 aromatic heterocycles. The number of aryl methyl sites for hydroxylation is 1. The number of ether oxygens (including phenoxy) is 1. The van der Waals surface area contributed by atoms with Crippen LogP contribution in [0.5, 0.6) is 5.75 Å². The van der Waals surface area contributed by atoms with Crippen molar-refractivity contribution < 1.29 is 35.9 Å². The SMILES string of the molecule is Cc1ccc(S(=O)(=O)Nc2ccc3c(c2)CC(=O)N([C@@H](C)CO)C[C@H](C)[C@@H](CN(C)S(=O)(=O)c2ccc(F)cc2)O3)cc1. The number of aliphatic hydroxyl groups is 1. The fraction of sp³-hybridized carbons (Fsp3) is 0.367. The summed E-state index contributed by atoms with van der Waals surface area (Å²) < 4.78 is 76.0. The van der Waals surface area contributed by atoms with Gasteiger partial charge in [0.05, 0.1) is 35.4 Å². The summed E-state index contributed by atoms with van der Waals surface area (Å²) in [6.07, 6.45) is -0.878. The van der Waals surface area contributed by atoms with E-state index in [1.807, 2.05) is 13.8 Å². The number of likely N-dealkylation sites (N-methyl/N-ethyl adjacent to an activating group) is 1.